The molecule has 34 nitrogen and oxygen atoms in total. The standard InChI is InChI=1S/C79H100FN15O19/c1-10-48-34-52(114-9)25-26-54(48)49-23-20-46(21-24-49)32-60(70(104)87-59(68(82)102)33-47-22-27-57(84-38-47)53-18-13-11-16-43(53)2)88-71(105)61(36-65(100)101)89-72(106)62(41-96)90-73(107)66(44(3)112-7)93-76(110)78(5,37-50-17-12-14-19-55(50)80)94-74(108)67(45(4)113-8)92-63(97)40-85-69(103)58(28-29-64(98)99)91-77(111)79(6)30-15-31-95(79)75(109)56(81)35-51-39-83-42-86-51/h11-14,16-27,34,38-39,42,44-45,56,58-62,66-67,96H,10,15,28-33,35-37,40-41,81H2,1-9H3,(H2,82,102)(H,83,86)(H,85,103)(H,87,104)(H,88,105)(H,89,106)(H,90,107)(H,91,111)(H,92,97)(H,93,110)(H,94,108)(H,98,99)(H,100,101)/t44-,45-,56+,58+,59+,60+,61+,62+,66+,67+,78?,79?/m1/s1. The van der Waals surface area contributed by atoms with Crippen LogP contribution >= 0.6 is 0 Å². The zero-order valence-corrected chi connectivity index (χ0v) is 64.8. The number of primary amides is 1. The number of nitrogens with one attached hydrogen (secondary N) is 10. The second-order valence-electron chi connectivity index (χ2n) is 28.2. The van der Waals surface area contributed by atoms with Gasteiger partial charge in [-0.2, -0.15) is 0 Å². The molecule has 0 saturated carbocycles. The van der Waals surface area contributed by atoms with Gasteiger partial charge in [0, 0.05) is 70.8 Å². The number of aromatic nitrogens is 3. The summed E-state index contributed by atoms with van der Waals surface area (Å²) < 4.78 is 32.0. The first kappa shape index (κ1) is 89.1. The summed E-state index contributed by atoms with van der Waals surface area (Å²) in [6, 6.07) is 15.3. The molecule has 1 fully saturated rings. The molecule has 4 aromatic carbocycles. The van der Waals surface area contributed by atoms with Crippen molar-refractivity contribution < 1.29 is 96.2 Å². The molecule has 2 unspecified atom stereocenters. The van der Waals surface area contributed by atoms with Gasteiger partial charge in [0.2, 0.25) is 65.0 Å². The Morgan fingerprint density at radius 1 is 0.675 bits per heavy atom. The molecule has 1 saturated heterocycles. The van der Waals surface area contributed by atoms with Crippen LogP contribution in [0.1, 0.15) is 100 Å². The molecule has 114 heavy (non-hydrogen) atoms. The number of aromatic amines is 1. The minimum Gasteiger partial charge on any atom is -0.497 e. The number of aliphatic hydroxyl groups excluding tert-OH is 1. The largest absolute Gasteiger partial charge is 0.497 e. The molecule has 11 amide bonds. The number of hydrogen-bond donors (Lipinski definition) is 15. The first-order valence-corrected chi connectivity index (χ1v) is 36.8. The van der Waals surface area contributed by atoms with E-state index < -0.39 is 193 Å². The van der Waals surface area contributed by atoms with Crippen molar-refractivity contribution in [3.8, 4) is 28.1 Å². The van der Waals surface area contributed by atoms with Crippen LogP contribution < -0.4 is 64.1 Å². The van der Waals surface area contributed by atoms with Crippen LogP contribution in [0, 0.1) is 12.7 Å². The normalized spacial score (nSPS) is 16.3. The summed E-state index contributed by atoms with van der Waals surface area (Å²) in [5, 5.41) is 52.4. The highest BCUT2D eigenvalue weighted by Crippen LogP contribution is 2.32. The first-order valence-electron chi connectivity index (χ1n) is 36.8. The van der Waals surface area contributed by atoms with Crippen molar-refractivity contribution in [1.29, 1.82) is 0 Å². The van der Waals surface area contributed by atoms with Gasteiger partial charge in [-0.1, -0.05) is 85.8 Å². The average molecular weight is 1580 g/mol. The molecular weight excluding hydrogens is 1480 g/mol. The SMILES string of the molecule is CCc1cc(OC)ccc1-c1ccc(C[C@H](NC(=O)[C@H](CC(=O)O)NC(=O)[C@H](CO)NC(=O)[C@@H](NC(=O)C(C)(Cc2ccccc2F)NC(=O)[C@@H](NC(=O)CNC(=O)[C@H](CCC(=O)O)NC(=O)C2(C)CCCN2C(=O)[C@@H](N)Cc2c[nH]cn2)[C@@H](C)OC)[C@@H](C)OC)C(=O)N[C@@H](Cc2ccc(-c3ccccc3C)nc2)C(N)=O)cc1. The summed E-state index contributed by atoms with van der Waals surface area (Å²) in [6.07, 6.45) is -0.251. The van der Waals surface area contributed by atoms with Crippen molar-refractivity contribution >= 4 is 76.9 Å². The number of aliphatic hydroxyl groups is 1. The Hall–Kier alpha value is -12.1. The second-order valence-corrected chi connectivity index (χ2v) is 28.2. The molecular formula is C79H100FN15O19. The Balaban J connectivity index is 1.07. The van der Waals surface area contributed by atoms with Gasteiger partial charge in [0.25, 0.3) is 0 Å². The van der Waals surface area contributed by atoms with Gasteiger partial charge in [0.05, 0.1) is 62.6 Å². The number of nitrogens with zero attached hydrogens (tertiary/aromatic N) is 3. The third-order valence-corrected chi connectivity index (χ3v) is 19.8. The number of aliphatic carboxylic acids is 2. The molecule has 6 aromatic rings. The number of carbonyl (C=O) groups is 13. The van der Waals surface area contributed by atoms with E-state index in [-0.39, 0.29) is 37.8 Å². The number of carbonyl (C=O) groups excluding carboxylic acids is 11. The van der Waals surface area contributed by atoms with Gasteiger partial charge in [-0.15, -0.1) is 0 Å². The molecule has 1 aliphatic heterocycles. The summed E-state index contributed by atoms with van der Waals surface area (Å²) in [5.74, 6) is -14.8. The van der Waals surface area contributed by atoms with Crippen LogP contribution in [0.25, 0.3) is 22.4 Å². The highest BCUT2D eigenvalue weighted by molar-refractivity contribution is 6.01. The monoisotopic (exact) mass is 1580 g/mol. The first-order chi connectivity index (χ1) is 54.1. The molecule has 7 rings (SSSR count). The number of imidazole rings is 1. The highest BCUT2D eigenvalue weighted by Gasteiger charge is 2.48. The number of carboxylic acids is 2. The van der Waals surface area contributed by atoms with E-state index in [9.17, 15) is 77.6 Å². The van der Waals surface area contributed by atoms with Crippen molar-refractivity contribution in [2.24, 2.45) is 11.5 Å². The second kappa shape index (κ2) is 41.4. The fourth-order valence-electron chi connectivity index (χ4n) is 13.0. The third-order valence-electron chi connectivity index (χ3n) is 19.8. The van der Waals surface area contributed by atoms with Gasteiger partial charge in [-0.05, 0) is 124 Å². The zero-order valence-electron chi connectivity index (χ0n) is 64.8. The van der Waals surface area contributed by atoms with Crippen molar-refractivity contribution in [3.05, 3.63) is 161 Å². The molecule has 0 bridgehead atoms. The lowest BCUT2D eigenvalue weighted by Crippen LogP contribution is -2.67. The number of likely N-dealkylation sites (tertiary alicyclic amines) is 1. The molecule has 17 N–H and O–H groups in total. The minimum atomic E-state index is -2.32. The molecule has 0 aliphatic carbocycles. The minimum absolute atomic E-state index is 0.0404. The smallest absolute Gasteiger partial charge is 0.305 e. The number of pyridine rings is 1. The molecule has 612 valence electrons. The van der Waals surface area contributed by atoms with Crippen molar-refractivity contribution in [2.45, 2.75) is 177 Å². The van der Waals surface area contributed by atoms with Gasteiger partial charge in [0.15, 0.2) is 0 Å². The van der Waals surface area contributed by atoms with Gasteiger partial charge in [-0.3, -0.25) is 67.3 Å². The highest BCUT2D eigenvalue weighted by atomic mass is 19.1. The number of nitrogens with two attached hydrogens (primary N) is 2. The van der Waals surface area contributed by atoms with Crippen LogP contribution in [0.5, 0.6) is 5.75 Å². The number of ether oxygens (including phenoxy) is 3. The number of halogens is 1. The maximum absolute atomic E-state index is 15.7. The Morgan fingerprint density at radius 2 is 1.30 bits per heavy atom. The summed E-state index contributed by atoms with van der Waals surface area (Å²) in [5.41, 5.74) is 14.7. The van der Waals surface area contributed by atoms with Crippen LogP contribution in [0.3, 0.4) is 0 Å². The number of methoxy groups -OCH3 is 3. The van der Waals surface area contributed by atoms with E-state index in [2.05, 4.69) is 62.8 Å². The van der Waals surface area contributed by atoms with E-state index in [4.69, 9.17) is 25.7 Å². The average Bonchev–Trinajstić information content (AvgIpc) is 1.63. The van der Waals surface area contributed by atoms with Crippen molar-refractivity contribution in [1.82, 2.24) is 67.7 Å². The van der Waals surface area contributed by atoms with Crippen LogP contribution in [-0.4, -0.2) is 225 Å². The van der Waals surface area contributed by atoms with E-state index in [1.54, 1.807) is 55.8 Å². The Labute approximate surface area is 657 Å². The Kier molecular flexibility index (Phi) is 32.4. The van der Waals surface area contributed by atoms with Gasteiger partial charge in [-0.25, -0.2) is 9.37 Å². The lowest BCUT2D eigenvalue weighted by Gasteiger charge is -2.36. The summed E-state index contributed by atoms with van der Waals surface area (Å²) in [7, 11) is 3.86. The number of H-pyrrole nitrogens is 1. The third kappa shape index (κ3) is 24.2. The topological polar surface area (TPSA) is 515 Å². The predicted octanol–water partition coefficient (Wildman–Crippen LogP) is 0.408. The molecule has 12 atom stereocenters. The van der Waals surface area contributed by atoms with Crippen LogP contribution in [0.15, 0.2) is 122 Å². The lowest BCUT2D eigenvalue weighted by molar-refractivity contribution is -0.146. The Morgan fingerprint density at radius 3 is 1.90 bits per heavy atom. The van der Waals surface area contributed by atoms with Crippen LogP contribution in [-0.2, 0) is 104 Å². The van der Waals surface area contributed by atoms with E-state index in [0.29, 0.717) is 41.1 Å². The number of aryl methyl sites for hydroxylation is 2. The quantitative estimate of drug-likeness (QED) is 0.0247. The Bertz CT molecular complexity index is 4420. The summed E-state index contributed by atoms with van der Waals surface area (Å²) in [6.45, 7) is 7.15. The van der Waals surface area contributed by atoms with Gasteiger partial charge < -0.3 is 98.7 Å². The molecule has 3 heterocycles. The number of hydrogen-bond acceptors (Lipinski definition) is 20. The summed E-state index contributed by atoms with van der Waals surface area (Å²) >= 11 is 0. The van der Waals surface area contributed by atoms with Crippen molar-refractivity contribution in [3.63, 3.8) is 0 Å². The van der Waals surface area contributed by atoms with Gasteiger partial charge in [0.1, 0.15) is 64.9 Å². The van der Waals surface area contributed by atoms with E-state index in [0.717, 1.165) is 47.9 Å². The number of amides is 11. The number of benzene rings is 4. The summed E-state index contributed by atoms with van der Waals surface area (Å²) in [4.78, 5) is 193. The van der Waals surface area contributed by atoms with E-state index >= 15 is 4.39 Å². The maximum atomic E-state index is 15.7. The molecule has 2 aromatic heterocycles. The molecule has 35 heteroatoms. The van der Waals surface area contributed by atoms with Crippen molar-refractivity contribution in [2.75, 3.05) is 41.0 Å². The van der Waals surface area contributed by atoms with Gasteiger partial charge >= 0.3 is 11.9 Å². The molecule has 1 aliphatic rings. The fourth-order valence-corrected chi connectivity index (χ4v) is 13.0. The maximum Gasteiger partial charge on any atom is 0.305 e. The molecule has 0 radical (unpaired) electrons. The van der Waals surface area contributed by atoms with E-state index in [1.165, 1.54) is 63.5 Å². The van der Waals surface area contributed by atoms with Crippen LogP contribution in [0.4, 0.5) is 4.39 Å². The van der Waals surface area contributed by atoms with E-state index in [1.807, 2.05) is 50.2 Å². The number of rotatable bonds is 42. The number of carboxylic acid groups (broad SMARTS) is 2. The molecule has 0 spiro atoms. The zero-order chi connectivity index (χ0) is 83.7. The predicted molar refractivity (Wildman–Crippen MR) is 411 cm³/mol. The lowest BCUT2D eigenvalue weighted by atomic mass is 9.90. The fraction of sp³-hybridized carbons (Fsp3) is 0.430. The van der Waals surface area contributed by atoms with Crippen LogP contribution in [0.2, 0.25) is 0 Å².